The summed E-state index contributed by atoms with van der Waals surface area (Å²) in [7, 11) is 0. The molecule has 1 aliphatic rings. The third-order valence-corrected chi connectivity index (χ3v) is 8.08. The van der Waals surface area contributed by atoms with E-state index in [2.05, 4.69) is 45.2 Å². The maximum absolute atomic E-state index is 12.7. The van der Waals surface area contributed by atoms with Gasteiger partial charge >= 0.3 is 5.97 Å². The zero-order valence-electron chi connectivity index (χ0n) is 22.4. The molecule has 220 valence electrons. The Hall–Kier alpha value is -2.33. The van der Waals surface area contributed by atoms with E-state index in [1.54, 1.807) is 18.2 Å². The van der Waals surface area contributed by atoms with Crippen molar-refractivity contribution >= 4 is 51.2 Å². The lowest BCUT2D eigenvalue weighted by molar-refractivity contribution is -0.130. The average molecular weight is 790 g/mol. The fourth-order valence-corrected chi connectivity index (χ4v) is 6.60. The van der Waals surface area contributed by atoms with Gasteiger partial charge in [-0.25, -0.2) is 4.79 Å². The van der Waals surface area contributed by atoms with Gasteiger partial charge in [-0.15, -0.1) is 0 Å². The first-order valence-corrected chi connectivity index (χ1v) is 16.1. The first-order chi connectivity index (χ1) is 20.2. The molecule has 4 rings (SSSR count). The summed E-state index contributed by atoms with van der Waals surface area (Å²) in [6.45, 7) is 1.33. The summed E-state index contributed by atoms with van der Waals surface area (Å²) < 4.78 is 47.2. The molecule has 0 atom stereocenters. The number of halogens is 2. The van der Waals surface area contributed by atoms with Crippen molar-refractivity contribution in [2.45, 2.75) is 12.5 Å². The lowest BCUT2D eigenvalue weighted by Crippen LogP contribution is -2.14. The molecular weight excluding hydrogens is 758 g/mol. The van der Waals surface area contributed by atoms with E-state index in [1.165, 1.54) is 5.56 Å². The first kappa shape index (κ1) is 31.6. The Kier molecular flexibility index (Phi) is 13.6. The maximum atomic E-state index is 12.7. The number of para-hydroxylation sites is 2. The number of esters is 1. The van der Waals surface area contributed by atoms with Gasteiger partial charge in [0, 0.05) is 14.8 Å². The van der Waals surface area contributed by atoms with Gasteiger partial charge in [-0.3, -0.25) is 0 Å². The first-order valence-electron chi connectivity index (χ1n) is 13.0. The van der Waals surface area contributed by atoms with Crippen LogP contribution in [-0.4, -0.2) is 61.6 Å². The number of carbonyl (C=O) groups excluding carboxylic acids is 1. The van der Waals surface area contributed by atoms with Crippen LogP contribution in [0.25, 0.3) is 0 Å². The molecule has 0 aliphatic carbocycles. The highest BCUT2D eigenvalue weighted by molar-refractivity contribution is 14.1. The van der Waals surface area contributed by atoms with Crippen molar-refractivity contribution < 1.29 is 42.7 Å². The summed E-state index contributed by atoms with van der Waals surface area (Å²) >= 11 is 4.77. The lowest BCUT2D eigenvalue weighted by Gasteiger charge is -2.16. The van der Waals surface area contributed by atoms with Crippen LogP contribution in [0.4, 0.5) is 0 Å². The summed E-state index contributed by atoms with van der Waals surface area (Å²) in [5.74, 6) is 2.21. The van der Waals surface area contributed by atoms with Gasteiger partial charge < -0.3 is 37.9 Å². The van der Waals surface area contributed by atoms with Crippen molar-refractivity contribution in [1.82, 2.24) is 0 Å². The molecule has 0 fully saturated rings. The Morgan fingerprint density at radius 3 is 1.95 bits per heavy atom. The minimum atomic E-state index is -0.386. The number of alkyl halides is 2. The van der Waals surface area contributed by atoms with Gasteiger partial charge in [-0.05, 0) is 47.5 Å². The van der Waals surface area contributed by atoms with E-state index in [0.29, 0.717) is 54.3 Å². The molecule has 3 aromatic rings. The number of hydrogen-bond acceptors (Lipinski definition) is 9. The van der Waals surface area contributed by atoms with E-state index in [4.69, 9.17) is 37.9 Å². The number of ether oxygens (including phenoxy) is 8. The summed E-state index contributed by atoms with van der Waals surface area (Å²) in [5.41, 5.74) is 2.49. The van der Waals surface area contributed by atoms with Crippen LogP contribution in [0.15, 0.2) is 66.7 Å². The molecule has 0 radical (unpaired) electrons. The van der Waals surface area contributed by atoms with E-state index >= 15 is 0 Å². The Labute approximate surface area is 267 Å². The predicted octanol–water partition coefficient (Wildman–Crippen LogP) is 6.15. The molecule has 0 saturated carbocycles. The van der Waals surface area contributed by atoms with Gasteiger partial charge in [0.15, 0.2) is 43.4 Å². The molecule has 0 amide bonds. The SMILES string of the molecule is O=C(OCc1ccc2c(c1)OCCOCCOc1ccccc1OCOCOCO2)c1ccc(C(CI)CI)cc1. The number of rotatable bonds is 6. The largest absolute Gasteiger partial charge is 0.487 e. The molecular formula is C30H32I2O9. The van der Waals surface area contributed by atoms with Crippen LogP contribution in [0.2, 0.25) is 0 Å². The highest BCUT2D eigenvalue weighted by Crippen LogP contribution is 2.30. The van der Waals surface area contributed by atoms with Gasteiger partial charge in [-0.2, -0.15) is 0 Å². The van der Waals surface area contributed by atoms with Crippen molar-refractivity contribution in [2.75, 3.05) is 55.7 Å². The quantitative estimate of drug-likeness (QED) is 0.166. The van der Waals surface area contributed by atoms with Crippen LogP contribution in [0.3, 0.4) is 0 Å². The fourth-order valence-electron chi connectivity index (χ4n) is 3.77. The highest BCUT2D eigenvalue weighted by atomic mass is 127. The molecule has 0 saturated heterocycles. The van der Waals surface area contributed by atoms with E-state index in [9.17, 15) is 4.79 Å². The van der Waals surface area contributed by atoms with Crippen LogP contribution in [-0.2, 0) is 25.6 Å². The van der Waals surface area contributed by atoms with Crippen LogP contribution in [0.5, 0.6) is 23.0 Å². The van der Waals surface area contributed by atoms with Crippen LogP contribution < -0.4 is 18.9 Å². The number of fused-ring (bicyclic) bond motifs is 2. The maximum Gasteiger partial charge on any atom is 0.338 e. The molecule has 0 aromatic heterocycles. The highest BCUT2D eigenvalue weighted by Gasteiger charge is 2.13. The van der Waals surface area contributed by atoms with Crippen LogP contribution in [0.1, 0.15) is 27.4 Å². The zero-order valence-corrected chi connectivity index (χ0v) is 26.7. The smallest absolute Gasteiger partial charge is 0.338 e. The summed E-state index contributed by atoms with van der Waals surface area (Å²) in [4.78, 5) is 12.7. The molecule has 3 aromatic carbocycles. The topological polar surface area (TPSA) is 90.9 Å². The second kappa shape index (κ2) is 17.6. The molecule has 0 spiro atoms. The molecule has 0 bridgehead atoms. The number of carbonyl (C=O) groups is 1. The van der Waals surface area contributed by atoms with Crippen molar-refractivity contribution in [2.24, 2.45) is 0 Å². The lowest BCUT2D eigenvalue weighted by atomic mass is 10.0. The average Bonchev–Trinajstić information content (AvgIpc) is 3.00. The second-order valence-corrected chi connectivity index (χ2v) is 10.6. The summed E-state index contributed by atoms with van der Waals surface area (Å²) in [6, 6.07) is 20.3. The van der Waals surface area contributed by atoms with Crippen molar-refractivity contribution in [3.8, 4) is 23.0 Å². The predicted molar refractivity (Wildman–Crippen MR) is 169 cm³/mol. The zero-order chi connectivity index (χ0) is 28.7. The third kappa shape index (κ3) is 10.2. The second-order valence-electron chi connectivity index (χ2n) is 8.79. The number of benzene rings is 3. The van der Waals surface area contributed by atoms with Crippen molar-refractivity contribution in [3.63, 3.8) is 0 Å². The van der Waals surface area contributed by atoms with Gasteiger partial charge in [0.2, 0.25) is 0 Å². The van der Waals surface area contributed by atoms with E-state index in [-0.39, 0.29) is 39.6 Å². The normalized spacial score (nSPS) is 15.0. The van der Waals surface area contributed by atoms with Crippen LogP contribution >= 0.6 is 45.2 Å². The Balaban J connectivity index is 1.33. The molecule has 1 heterocycles. The molecule has 9 nitrogen and oxygen atoms in total. The Morgan fingerprint density at radius 1 is 0.683 bits per heavy atom. The fraction of sp³-hybridized carbons (Fsp3) is 0.367. The molecule has 1 aliphatic heterocycles. The van der Waals surface area contributed by atoms with Gasteiger partial charge in [0.1, 0.15) is 19.8 Å². The summed E-state index contributed by atoms with van der Waals surface area (Å²) in [5, 5.41) is 0. The van der Waals surface area contributed by atoms with E-state index in [1.807, 2.05) is 48.5 Å². The van der Waals surface area contributed by atoms with E-state index in [0.717, 1.165) is 14.4 Å². The Morgan fingerprint density at radius 2 is 1.29 bits per heavy atom. The summed E-state index contributed by atoms with van der Waals surface area (Å²) in [6.07, 6.45) is 0. The minimum absolute atomic E-state index is 0.0137. The van der Waals surface area contributed by atoms with Gasteiger partial charge in [0.25, 0.3) is 0 Å². The molecule has 0 unspecified atom stereocenters. The minimum Gasteiger partial charge on any atom is -0.487 e. The van der Waals surface area contributed by atoms with Gasteiger partial charge in [0.05, 0.1) is 18.8 Å². The van der Waals surface area contributed by atoms with Gasteiger partial charge in [-0.1, -0.05) is 75.5 Å². The van der Waals surface area contributed by atoms with Crippen LogP contribution in [0, 0.1) is 0 Å². The molecule has 0 N–H and O–H groups in total. The Bertz CT molecular complexity index is 1220. The monoisotopic (exact) mass is 790 g/mol. The van der Waals surface area contributed by atoms with Crippen molar-refractivity contribution in [1.29, 1.82) is 0 Å². The number of hydrogen-bond donors (Lipinski definition) is 0. The third-order valence-electron chi connectivity index (χ3n) is 5.95. The molecule has 41 heavy (non-hydrogen) atoms. The van der Waals surface area contributed by atoms with E-state index < -0.39 is 0 Å². The molecule has 11 heteroatoms. The van der Waals surface area contributed by atoms with Crippen molar-refractivity contribution in [3.05, 3.63) is 83.4 Å². The standard InChI is InChI=1S/C30H32I2O9/c31-16-25(17-32)23-6-8-24(9-7-23)30(33)39-18-22-5-10-28-29(15-22)38-14-12-34-11-13-37-26-3-1-2-4-27(26)40-20-35-19-36-21-41-28/h1-10,15,25H,11-14,16-21H2.